The Morgan fingerprint density at radius 1 is 1.24 bits per heavy atom. The van der Waals surface area contributed by atoms with Crippen molar-refractivity contribution in [1.82, 2.24) is 4.98 Å². The zero-order valence-corrected chi connectivity index (χ0v) is 19.8. The number of Topliss-reactive ketones (excluding diaryl/α,β-unsaturated/α-hetero) is 1. The van der Waals surface area contributed by atoms with Gasteiger partial charge in [-0.25, -0.2) is 4.98 Å². The summed E-state index contributed by atoms with van der Waals surface area (Å²) < 4.78 is 5.77. The molecule has 1 unspecified atom stereocenters. The second-order valence-corrected chi connectivity index (χ2v) is 9.10. The number of aromatic nitrogens is 1. The van der Waals surface area contributed by atoms with E-state index in [-0.39, 0.29) is 5.57 Å². The van der Waals surface area contributed by atoms with E-state index in [4.69, 9.17) is 10.00 Å². The molecule has 2 aromatic carbocycles. The fraction of sp³-hybridized carbons (Fsp3) is 0.231. The molecule has 3 aromatic rings. The van der Waals surface area contributed by atoms with Crippen molar-refractivity contribution in [1.29, 1.82) is 5.26 Å². The van der Waals surface area contributed by atoms with Crippen molar-refractivity contribution in [3.05, 3.63) is 86.6 Å². The molecule has 1 aliphatic heterocycles. The quantitative estimate of drug-likeness (QED) is 0.473. The number of nitrogens with zero attached hydrogens (tertiary/aromatic N) is 3. The first-order valence-corrected chi connectivity index (χ1v) is 11.7. The van der Waals surface area contributed by atoms with Crippen LogP contribution in [0.25, 0.3) is 0 Å². The van der Waals surface area contributed by atoms with Gasteiger partial charge in [0.15, 0.2) is 5.76 Å². The summed E-state index contributed by atoms with van der Waals surface area (Å²) in [6.45, 7) is 6.07. The Morgan fingerprint density at radius 3 is 2.59 bits per heavy atom. The Labute approximate surface area is 201 Å². The number of thiazole rings is 1. The summed E-state index contributed by atoms with van der Waals surface area (Å²) in [7, 11) is 0. The Hall–Kier alpha value is -3.96. The van der Waals surface area contributed by atoms with Gasteiger partial charge in [0.2, 0.25) is 5.78 Å². The normalized spacial score (nSPS) is 15.5. The zero-order valence-electron chi connectivity index (χ0n) is 19.0. The maximum Gasteiger partial charge on any atom is 0.294 e. The number of aliphatic hydroxyl groups excluding tert-OH is 1. The minimum Gasteiger partial charge on any atom is -0.503 e. The fourth-order valence-corrected chi connectivity index (χ4v) is 4.85. The van der Waals surface area contributed by atoms with E-state index in [9.17, 15) is 14.7 Å². The summed E-state index contributed by atoms with van der Waals surface area (Å²) >= 11 is 1.23. The monoisotopic (exact) mass is 473 g/mol. The van der Waals surface area contributed by atoms with E-state index in [0.29, 0.717) is 39.7 Å². The molecule has 0 radical (unpaired) electrons. The van der Waals surface area contributed by atoms with Crippen LogP contribution in [-0.2, 0) is 4.79 Å². The minimum atomic E-state index is -0.875. The van der Waals surface area contributed by atoms with Crippen molar-refractivity contribution in [2.75, 3.05) is 11.5 Å². The summed E-state index contributed by atoms with van der Waals surface area (Å²) in [6.07, 6.45) is 0.831. The molecule has 172 valence electrons. The van der Waals surface area contributed by atoms with Crippen LogP contribution < -0.4 is 9.64 Å². The van der Waals surface area contributed by atoms with E-state index in [1.54, 1.807) is 56.3 Å². The molecule has 1 aromatic heterocycles. The number of carbonyl (C=O) groups excluding carboxylic acids is 2. The standard InChI is InChI=1S/C26H23N3O4S/c1-4-12-33-20-7-5-6-18(13-20)22-21(23(30)25-15(2)28-16(3)34-25)24(31)26(32)29(22)19-10-8-17(14-27)9-11-19/h5-11,13,22,31H,4,12H2,1-3H3. The van der Waals surface area contributed by atoms with Gasteiger partial charge in [-0.15, -0.1) is 11.3 Å². The second kappa shape index (κ2) is 9.49. The van der Waals surface area contributed by atoms with Crippen LogP contribution >= 0.6 is 11.3 Å². The van der Waals surface area contributed by atoms with E-state index in [1.807, 2.05) is 13.0 Å². The van der Waals surface area contributed by atoms with Gasteiger partial charge in [0.25, 0.3) is 5.91 Å². The third-order valence-electron chi connectivity index (χ3n) is 5.48. The molecule has 0 saturated carbocycles. The highest BCUT2D eigenvalue weighted by molar-refractivity contribution is 7.14. The Bertz CT molecular complexity index is 1330. The number of aryl methyl sites for hydroxylation is 2. The molecule has 7 nitrogen and oxygen atoms in total. The smallest absolute Gasteiger partial charge is 0.294 e. The number of aliphatic hydroxyl groups is 1. The maximum absolute atomic E-state index is 13.7. The van der Waals surface area contributed by atoms with Crippen molar-refractivity contribution in [3.8, 4) is 11.8 Å². The molecule has 1 aliphatic rings. The number of benzene rings is 2. The lowest BCUT2D eigenvalue weighted by molar-refractivity contribution is -0.117. The number of nitriles is 1. The molecule has 34 heavy (non-hydrogen) atoms. The highest BCUT2D eigenvalue weighted by Gasteiger charge is 2.45. The van der Waals surface area contributed by atoms with Crippen LogP contribution in [0.4, 0.5) is 5.69 Å². The van der Waals surface area contributed by atoms with Gasteiger partial charge < -0.3 is 9.84 Å². The van der Waals surface area contributed by atoms with Gasteiger partial charge in [0.1, 0.15) is 5.75 Å². The molecule has 1 amide bonds. The van der Waals surface area contributed by atoms with Gasteiger partial charge in [-0.3, -0.25) is 14.5 Å². The van der Waals surface area contributed by atoms with Gasteiger partial charge in [0, 0.05) is 5.69 Å². The first-order chi connectivity index (χ1) is 16.3. The van der Waals surface area contributed by atoms with Gasteiger partial charge in [-0.05, 0) is 62.2 Å². The van der Waals surface area contributed by atoms with Crippen molar-refractivity contribution < 1.29 is 19.4 Å². The second-order valence-electron chi connectivity index (χ2n) is 7.90. The Kier molecular flexibility index (Phi) is 6.48. The lowest BCUT2D eigenvalue weighted by atomic mass is 9.94. The van der Waals surface area contributed by atoms with E-state index in [0.717, 1.165) is 11.4 Å². The van der Waals surface area contributed by atoms with Crippen LogP contribution in [0, 0.1) is 25.2 Å². The number of anilines is 1. The minimum absolute atomic E-state index is 0.00579. The zero-order chi connectivity index (χ0) is 24.4. The van der Waals surface area contributed by atoms with Crippen LogP contribution in [0.1, 0.15) is 50.9 Å². The number of hydrogen-bond acceptors (Lipinski definition) is 7. The highest BCUT2D eigenvalue weighted by Crippen LogP contribution is 2.43. The molecule has 0 saturated heterocycles. The predicted molar refractivity (Wildman–Crippen MR) is 129 cm³/mol. The first kappa shape index (κ1) is 23.2. The van der Waals surface area contributed by atoms with Crippen molar-refractivity contribution in [3.63, 3.8) is 0 Å². The molecule has 2 heterocycles. The number of hydrogen-bond donors (Lipinski definition) is 1. The van der Waals surface area contributed by atoms with Crippen LogP contribution in [0.2, 0.25) is 0 Å². The third kappa shape index (κ3) is 4.18. The summed E-state index contributed by atoms with van der Waals surface area (Å²) in [5.41, 5.74) is 2.06. The largest absolute Gasteiger partial charge is 0.503 e. The van der Waals surface area contributed by atoms with Gasteiger partial charge in [0.05, 0.1) is 45.4 Å². The van der Waals surface area contributed by atoms with Gasteiger partial charge in [-0.1, -0.05) is 19.1 Å². The average Bonchev–Trinajstić information content (AvgIpc) is 3.32. The lowest BCUT2D eigenvalue weighted by Crippen LogP contribution is -2.31. The molecule has 1 N–H and O–H groups in total. The Morgan fingerprint density at radius 2 is 1.97 bits per heavy atom. The molecule has 0 spiro atoms. The van der Waals surface area contributed by atoms with E-state index >= 15 is 0 Å². The topological polar surface area (TPSA) is 104 Å². The molecule has 0 bridgehead atoms. The summed E-state index contributed by atoms with van der Waals surface area (Å²) in [4.78, 5) is 33.0. The van der Waals surface area contributed by atoms with Gasteiger partial charge in [-0.2, -0.15) is 5.26 Å². The predicted octanol–water partition coefficient (Wildman–Crippen LogP) is 5.20. The number of ether oxygens (including phenoxy) is 1. The summed E-state index contributed by atoms with van der Waals surface area (Å²) in [5, 5.41) is 20.8. The van der Waals surface area contributed by atoms with Crippen LogP contribution in [0.15, 0.2) is 59.9 Å². The molecular weight excluding hydrogens is 450 g/mol. The maximum atomic E-state index is 13.7. The number of rotatable bonds is 7. The van der Waals surface area contributed by atoms with E-state index < -0.39 is 23.5 Å². The lowest BCUT2D eigenvalue weighted by Gasteiger charge is -2.27. The highest BCUT2D eigenvalue weighted by atomic mass is 32.1. The SMILES string of the molecule is CCCOc1cccc(C2C(C(=O)c3sc(C)nc3C)=C(O)C(=O)N2c2ccc(C#N)cc2)c1. The number of amides is 1. The molecule has 8 heteroatoms. The van der Waals surface area contributed by atoms with Crippen molar-refractivity contribution in [2.45, 2.75) is 33.2 Å². The Balaban J connectivity index is 1.86. The third-order valence-corrected chi connectivity index (χ3v) is 6.56. The molecule has 4 rings (SSSR count). The first-order valence-electron chi connectivity index (χ1n) is 10.8. The molecule has 0 fully saturated rings. The van der Waals surface area contributed by atoms with Gasteiger partial charge >= 0.3 is 0 Å². The van der Waals surface area contributed by atoms with Crippen molar-refractivity contribution >= 4 is 28.7 Å². The number of ketones is 1. The summed E-state index contributed by atoms with van der Waals surface area (Å²) in [5.74, 6) is -1.11. The number of carbonyl (C=O) groups is 2. The fourth-order valence-electron chi connectivity index (χ4n) is 3.97. The average molecular weight is 474 g/mol. The van der Waals surface area contributed by atoms with E-state index in [2.05, 4.69) is 11.1 Å². The van der Waals surface area contributed by atoms with Crippen LogP contribution in [0.5, 0.6) is 5.75 Å². The van der Waals surface area contributed by atoms with Crippen LogP contribution in [-0.4, -0.2) is 28.4 Å². The summed E-state index contributed by atoms with van der Waals surface area (Å²) in [6, 6.07) is 14.8. The van der Waals surface area contributed by atoms with E-state index in [1.165, 1.54) is 16.2 Å². The molecule has 0 aliphatic carbocycles. The molecular formula is C26H23N3O4S. The van der Waals surface area contributed by atoms with Crippen LogP contribution in [0.3, 0.4) is 0 Å². The van der Waals surface area contributed by atoms with Crippen molar-refractivity contribution in [2.24, 2.45) is 0 Å². The molecule has 1 atom stereocenters.